The molecule has 0 fully saturated rings. The van der Waals surface area contributed by atoms with Gasteiger partial charge >= 0.3 is 0 Å². The van der Waals surface area contributed by atoms with Gasteiger partial charge in [-0.3, -0.25) is 5.10 Å². The Hall–Kier alpha value is -1.37. The maximum absolute atomic E-state index is 8.39. The molecular formula is C7H10N4. The fourth-order valence-corrected chi connectivity index (χ4v) is 0.816. The summed E-state index contributed by atoms with van der Waals surface area (Å²) in [6.45, 7) is 3.77. The number of hydrogen-bond acceptors (Lipinski definition) is 3. The van der Waals surface area contributed by atoms with Gasteiger partial charge in [-0.2, -0.15) is 10.4 Å². The van der Waals surface area contributed by atoms with Crippen molar-refractivity contribution in [1.29, 1.82) is 5.26 Å². The van der Waals surface area contributed by atoms with Crippen LogP contribution in [0.3, 0.4) is 0 Å². The molecule has 4 nitrogen and oxygen atoms in total. The van der Waals surface area contributed by atoms with Crippen LogP contribution < -0.4 is 0 Å². The Bertz CT molecular complexity index is 270. The van der Waals surface area contributed by atoms with Gasteiger partial charge in [-0.1, -0.05) is 6.92 Å². The molecule has 4 heteroatoms. The normalized spacial score (nSPS) is 12.5. The molecule has 1 unspecified atom stereocenters. The van der Waals surface area contributed by atoms with Crippen LogP contribution in [0, 0.1) is 18.3 Å². The van der Waals surface area contributed by atoms with E-state index in [9.17, 15) is 0 Å². The van der Waals surface area contributed by atoms with Gasteiger partial charge in [0.2, 0.25) is 0 Å². The first-order valence-electron chi connectivity index (χ1n) is 3.50. The lowest BCUT2D eigenvalue weighted by Gasteiger charge is -1.98. The van der Waals surface area contributed by atoms with Crippen molar-refractivity contribution < 1.29 is 0 Å². The Morgan fingerprint density at radius 2 is 2.45 bits per heavy atom. The summed E-state index contributed by atoms with van der Waals surface area (Å²) in [5, 5.41) is 15.0. The van der Waals surface area contributed by atoms with E-state index in [1.165, 1.54) is 0 Å². The molecule has 11 heavy (non-hydrogen) atoms. The Labute approximate surface area is 65.3 Å². The molecule has 0 aliphatic heterocycles. The lowest BCUT2D eigenvalue weighted by atomic mass is 10.1. The maximum atomic E-state index is 8.39. The first kappa shape index (κ1) is 7.73. The number of aromatic nitrogens is 3. The van der Waals surface area contributed by atoms with Crippen LogP contribution in [-0.4, -0.2) is 15.2 Å². The predicted octanol–water partition coefficient (Wildman–Crippen LogP) is 1.13. The van der Waals surface area contributed by atoms with Crippen LogP contribution >= 0.6 is 0 Å². The van der Waals surface area contributed by atoms with Crippen molar-refractivity contribution in [1.82, 2.24) is 15.2 Å². The standard InChI is InChI=1S/C7H10N4/c1-5(3-4-8)7-9-6(2)10-11-7/h5H,3H2,1-2H3,(H,9,10,11). The Morgan fingerprint density at radius 1 is 1.73 bits per heavy atom. The van der Waals surface area contributed by atoms with E-state index in [0.29, 0.717) is 6.42 Å². The lowest BCUT2D eigenvalue weighted by molar-refractivity contribution is 0.724. The van der Waals surface area contributed by atoms with Crippen LogP contribution in [-0.2, 0) is 0 Å². The summed E-state index contributed by atoms with van der Waals surface area (Å²) in [6, 6.07) is 2.09. The quantitative estimate of drug-likeness (QED) is 0.687. The zero-order chi connectivity index (χ0) is 8.27. The lowest BCUT2D eigenvalue weighted by Crippen LogP contribution is -1.94. The van der Waals surface area contributed by atoms with E-state index in [-0.39, 0.29) is 5.92 Å². The largest absolute Gasteiger partial charge is 0.263 e. The van der Waals surface area contributed by atoms with Crippen LogP contribution in [0.2, 0.25) is 0 Å². The molecule has 0 aromatic carbocycles. The van der Waals surface area contributed by atoms with Crippen molar-refractivity contribution in [3.63, 3.8) is 0 Å². The summed E-state index contributed by atoms with van der Waals surface area (Å²) >= 11 is 0. The third-order valence-corrected chi connectivity index (χ3v) is 1.48. The zero-order valence-electron chi connectivity index (χ0n) is 6.63. The number of aryl methyl sites for hydroxylation is 1. The molecule has 0 spiro atoms. The van der Waals surface area contributed by atoms with Gasteiger partial charge in [-0.15, -0.1) is 0 Å². The van der Waals surface area contributed by atoms with E-state index in [2.05, 4.69) is 21.3 Å². The first-order chi connectivity index (χ1) is 5.24. The minimum Gasteiger partial charge on any atom is -0.263 e. The van der Waals surface area contributed by atoms with Crippen molar-refractivity contribution in [3.8, 4) is 6.07 Å². The molecule has 1 aromatic rings. The molecule has 1 rings (SSSR count). The average molecular weight is 150 g/mol. The Kier molecular flexibility index (Phi) is 2.21. The summed E-state index contributed by atoms with van der Waals surface area (Å²) in [5.74, 6) is 1.68. The molecule has 1 aromatic heterocycles. The van der Waals surface area contributed by atoms with E-state index in [1.807, 2.05) is 13.8 Å². The molecule has 0 bridgehead atoms. The molecule has 0 saturated carbocycles. The van der Waals surface area contributed by atoms with Crippen molar-refractivity contribution in [3.05, 3.63) is 11.6 Å². The number of hydrogen-bond donors (Lipinski definition) is 1. The second-order valence-corrected chi connectivity index (χ2v) is 2.53. The van der Waals surface area contributed by atoms with Gasteiger partial charge in [0.1, 0.15) is 11.6 Å². The highest BCUT2D eigenvalue weighted by molar-refractivity contribution is 4.98. The van der Waals surface area contributed by atoms with Gasteiger partial charge in [0.25, 0.3) is 0 Å². The van der Waals surface area contributed by atoms with Gasteiger partial charge in [0.15, 0.2) is 0 Å². The smallest absolute Gasteiger partial charge is 0.147 e. The Morgan fingerprint density at radius 3 is 2.91 bits per heavy atom. The molecule has 0 saturated heterocycles. The molecule has 1 N–H and O–H groups in total. The summed E-state index contributed by atoms with van der Waals surface area (Å²) in [5.41, 5.74) is 0. The number of nitrogens with one attached hydrogen (secondary N) is 1. The maximum Gasteiger partial charge on any atom is 0.147 e. The van der Waals surface area contributed by atoms with E-state index >= 15 is 0 Å². The SMILES string of the molecule is Cc1n[nH]c(C(C)CC#N)n1. The van der Waals surface area contributed by atoms with Crippen LogP contribution in [0.15, 0.2) is 0 Å². The first-order valence-corrected chi connectivity index (χ1v) is 3.50. The van der Waals surface area contributed by atoms with Gasteiger partial charge in [-0.25, -0.2) is 4.98 Å². The zero-order valence-corrected chi connectivity index (χ0v) is 6.63. The summed E-state index contributed by atoms with van der Waals surface area (Å²) in [6.07, 6.45) is 0.481. The minimum atomic E-state index is 0.154. The summed E-state index contributed by atoms with van der Waals surface area (Å²) in [4.78, 5) is 4.11. The van der Waals surface area contributed by atoms with Crippen molar-refractivity contribution >= 4 is 0 Å². The minimum absolute atomic E-state index is 0.154. The van der Waals surface area contributed by atoms with E-state index in [0.717, 1.165) is 11.6 Å². The summed E-state index contributed by atoms with van der Waals surface area (Å²) < 4.78 is 0. The molecule has 58 valence electrons. The molecule has 0 aliphatic carbocycles. The van der Waals surface area contributed by atoms with Crippen LogP contribution in [0.4, 0.5) is 0 Å². The van der Waals surface area contributed by atoms with Gasteiger partial charge in [0, 0.05) is 12.3 Å². The van der Waals surface area contributed by atoms with Gasteiger partial charge in [0.05, 0.1) is 6.07 Å². The van der Waals surface area contributed by atoms with Crippen LogP contribution in [0.5, 0.6) is 0 Å². The van der Waals surface area contributed by atoms with E-state index in [4.69, 9.17) is 5.26 Å². The van der Waals surface area contributed by atoms with E-state index in [1.54, 1.807) is 0 Å². The fraction of sp³-hybridized carbons (Fsp3) is 0.571. The van der Waals surface area contributed by atoms with E-state index < -0.39 is 0 Å². The second kappa shape index (κ2) is 3.15. The second-order valence-electron chi connectivity index (χ2n) is 2.53. The molecule has 1 heterocycles. The number of nitriles is 1. The Balaban J connectivity index is 2.70. The molecular weight excluding hydrogens is 140 g/mol. The average Bonchev–Trinajstić information content (AvgIpc) is 2.36. The fourth-order valence-electron chi connectivity index (χ4n) is 0.816. The van der Waals surface area contributed by atoms with Gasteiger partial charge in [-0.05, 0) is 6.92 Å². The van der Waals surface area contributed by atoms with Crippen molar-refractivity contribution in [2.45, 2.75) is 26.2 Å². The van der Waals surface area contributed by atoms with Gasteiger partial charge < -0.3 is 0 Å². The monoisotopic (exact) mass is 150 g/mol. The molecule has 1 atom stereocenters. The third-order valence-electron chi connectivity index (χ3n) is 1.48. The number of aromatic amines is 1. The highest BCUT2D eigenvalue weighted by Crippen LogP contribution is 2.12. The predicted molar refractivity (Wildman–Crippen MR) is 39.8 cm³/mol. The third kappa shape index (κ3) is 1.77. The van der Waals surface area contributed by atoms with Crippen LogP contribution in [0.25, 0.3) is 0 Å². The number of H-pyrrole nitrogens is 1. The number of nitrogens with zero attached hydrogens (tertiary/aromatic N) is 3. The molecule has 0 amide bonds. The van der Waals surface area contributed by atoms with Crippen LogP contribution in [0.1, 0.15) is 30.9 Å². The molecule has 0 radical (unpaired) electrons. The van der Waals surface area contributed by atoms with Crippen molar-refractivity contribution in [2.24, 2.45) is 0 Å². The topological polar surface area (TPSA) is 65.4 Å². The van der Waals surface area contributed by atoms with Crippen molar-refractivity contribution in [2.75, 3.05) is 0 Å². The highest BCUT2D eigenvalue weighted by Gasteiger charge is 2.08. The summed E-state index contributed by atoms with van der Waals surface area (Å²) in [7, 11) is 0. The molecule has 0 aliphatic rings. The highest BCUT2D eigenvalue weighted by atomic mass is 15.2. The number of rotatable bonds is 2.